The van der Waals surface area contributed by atoms with E-state index in [0.29, 0.717) is 6.04 Å². The first kappa shape index (κ1) is 12.2. The van der Waals surface area contributed by atoms with E-state index in [1.54, 1.807) is 0 Å². The largest absolute Gasteiger partial charge is 0.350 e. The molecule has 0 aliphatic heterocycles. The minimum atomic E-state index is 0.0688. The molecule has 94 valence electrons. The van der Waals surface area contributed by atoms with Crippen molar-refractivity contribution in [3.05, 3.63) is 23.0 Å². The summed E-state index contributed by atoms with van der Waals surface area (Å²) in [7, 11) is 0. The van der Waals surface area contributed by atoms with E-state index in [-0.39, 0.29) is 11.9 Å². The molecule has 0 saturated heterocycles. The van der Waals surface area contributed by atoms with Gasteiger partial charge in [0.25, 0.3) is 5.91 Å². The second kappa shape index (κ2) is 4.55. The van der Waals surface area contributed by atoms with Crippen LogP contribution in [-0.4, -0.2) is 16.5 Å². The summed E-state index contributed by atoms with van der Waals surface area (Å²) < 4.78 is 2.31. The summed E-state index contributed by atoms with van der Waals surface area (Å²) in [6, 6.07) is 2.90. The molecule has 1 saturated carbocycles. The fourth-order valence-corrected chi connectivity index (χ4v) is 2.31. The zero-order valence-corrected chi connectivity index (χ0v) is 11.2. The Morgan fingerprint density at radius 3 is 2.71 bits per heavy atom. The molecule has 3 heteroatoms. The van der Waals surface area contributed by atoms with Gasteiger partial charge in [0, 0.05) is 23.5 Å². The Balaban J connectivity index is 2.21. The van der Waals surface area contributed by atoms with Crippen LogP contribution in [0.2, 0.25) is 0 Å². The van der Waals surface area contributed by atoms with Gasteiger partial charge in [0.2, 0.25) is 0 Å². The van der Waals surface area contributed by atoms with Gasteiger partial charge in [-0.15, -0.1) is 0 Å². The average molecular weight is 234 g/mol. The Morgan fingerprint density at radius 1 is 1.53 bits per heavy atom. The summed E-state index contributed by atoms with van der Waals surface area (Å²) >= 11 is 0. The van der Waals surface area contributed by atoms with Gasteiger partial charge in [-0.3, -0.25) is 4.79 Å². The molecule has 2 rings (SSSR count). The number of nitrogens with zero attached hydrogens (tertiary/aromatic N) is 1. The number of nitrogens with one attached hydrogen (secondary N) is 1. The lowest BCUT2D eigenvalue weighted by molar-refractivity contribution is 0.0938. The minimum absolute atomic E-state index is 0.0688. The number of hydrogen-bond acceptors (Lipinski definition) is 1. The summed E-state index contributed by atoms with van der Waals surface area (Å²) in [5, 5.41) is 3.03. The van der Waals surface area contributed by atoms with E-state index in [4.69, 9.17) is 0 Å². The molecule has 0 radical (unpaired) electrons. The third-order valence-corrected chi connectivity index (χ3v) is 3.63. The number of carbonyl (C=O) groups is 1. The fourth-order valence-electron chi connectivity index (χ4n) is 2.31. The Morgan fingerprint density at radius 2 is 2.18 bits per heavy atom. The predicted octanol–water partition coefficient (Wildman–Crippen LogP) is 2.97. The maximum Gasteiger partial charge on any atom is 0.253 e. The number of aromatic nitrogens is 1. The predicted molar refractivity (Wildman–Crippen MR) is 69.4 cm³/mol. The molecule has 1 aromatic heterocycles. The van der Waals surface area contributed by atoms with Crippen LogP contribution < -0.4 is 5.32 Å². The van der Waals surface area contributed by atoms with Crippen molar-refractivity contribution in [2.75, 3.05) is 0 Å². The van der Waals surface area contributed by atoms with Crippen molar-refractivity contribution < 1.29 is 4.79 Å². The number of carbonyl (C=O) groups excluding carboxylic acids is 1. The van der Waals surface area contributed by atoms with E-state index in [1.807, 2.05) is 13.0 Å². The number of amides is 1. The molecule has 1 amide bonds. The van der Waals surface area contributed by atoms with E-state index < -0.39 is 0 Å². The molecular weight excluding hydrogens is 212 g/mol. The molecule has 0 spiro atoms. The van der Waals surface area contributed by atoms with Gasteiger partial charge in [0.05, 0.1) is 5.56 Å². The van der Waals surface area contributed by atoms with Gasteiger partial charge >= 0.3 is 0 Å². The highest BCUT2D eigenvalue weighted by Gasteiger charge is 2.28. The molecule has 1 heterocycles. The summed E-state index contributed by atoms with van der Waals surface area (Å²) in [5.41, 5.74) is 3.17. The van der Waals surface area contributed by atoms with Crippen LogP contribution in [0.1, 0.15) is 60.9 Å². The number of rotatable bonds is 4. The summed E-state index contributed by atoms with van der Waals surface area (Å²) in [6.07, 6.45) is 3.47. The van der Waals surface area contributed by atoms with Crippen LogP contribution in [0.5, 0.6) is 0 Å². The molecule has 1 atom stereocenters. The van der Waals surface area contributed by atoms with Crippen molar-refractivity contribution in [2.24, 2.45) is 0 Å². The molecule has 1 aliphatic rings. The Bertz CT molecular complexity index is 430. The molecule has 3 nitrogen and oxygen atoms in total. The van der Waals surface area contributed by atoms with Crippen LogP contribution in [-0.2, 0) is 0 Å². The van der Waals surface area contributed by atoms with Crippen LogP contribution in [0.4, 0.5) is 0 Å². The van der Waals surface area contributed by atoms with Gasteiger partial charge in [-0.05, 0) is 46.1 Å². The third kappa shape index (κ3) is 2.38. The van der Waals surface area contributed by atoms with E-state index in [9.17, 15) is 4.79 Å². The molecule has 0 aromatic carbocycles. The summed E-state index contributed by atoms with van der Waals surface area (Å²) in [6.45, 7) is 8.26. The molecule has 0 bridgehead atoms. The van der Waals surface area contributed by atoms with E-state index in [2.05, 4.69) is 30.7 Å². The Kier molecular flexibility index (Phi) is 3.27. The molecular formula is C14H22N2O. The van der Waals surface area contributed by atoms with Crippen molar-refractivity contribution in [1.82, 2.24) is 9.88 Å². The Labute approximate surface area is 103 Å². The van der Waals surface area contributed by atoms with E-state index >= 15 is 0 Å². The molecule has 1 fully saturated rings. The average Bonchev–Trinajstić information content (AvgIpc) is 3.05. The molecule has 1 N–H and O–H groups in total. The van der Waals surface area contributed by atoms with E-state index in [0.717, 1.165) is 17.7 Å². The van der Waals surface area contributed by atoms with Crippen LogP contribution in [0.3, 0.4) is 0 Å². The van der Waals surface area contributed by atoms with Gasteiger partial charge in [-0.1, -0.05) is 6.92 Å². The number of aryl methyl sites for hydroxylation is 1. The second-order valence-electron chi connectivity index (χ2n) is 5.17. The zero-order chi connectivity index (χ0) is 12.6. The third-order valence-electron chi connectivity index (χ3n) is 3.63. The van der Waals surface area contributed by atoms with Gasteiger partial charge in [0.15, 0.2) is 0 Å². The van der Waals surface area contributed by atoms with Gasteiger partial charge in [0.1, 0.15) is 0 Å². The lowest BCUT2D eigenvalue weighted by Gasteiger charge is -2.12. The minimum Gasteiger partial charge on any atom is -0.350 e. The first-order chi connectivity index (χ1) is 8.04. The highest BCUT2D eigenvalue weighted by molar-refractivity contribution is 5.95. The maximum atomic E-state index is 12.1. The van der Waals surface area contributed by atoms with Crippen molar-refractivity contribution in [3.63, 3.8) is 0 Å². The smallest absolute Gasteiger partial charge is 0.253 e. The lowest BCUT2D eigenvalue weighted by Crippen LogP contribution is -2.32. The summed E-state index contributed by atoms with van der Waals surface area (Å²) in [4.78, 5) is 12.1. The molecule has 1 unspecified atom stereocenters. The standard InChI is InChI=1S/C14H22N2O/c1-5-9(2)15-14(17)13-8-10(3)16(11(13)4)12-6-7-12/h8-9,12H,5-7H2,1-4H3,(H,15,17). The van der Waals surface area contributed by atoms with E-state index in [1.165, 1.54) is 18.5 Å². The summed E-state index contributed by atoms with van der Waals surface area (Å²) in [5.74, 6) is 0.0688. The van der Waals surface area contributed by atoms with Crippen LogP contribution >= 0.6 is 0 Å². The van der Waals surface area contributed by atoms with Crippen molar-refractivity contribution >= 4 is 5.91 Å². The first-order valence-electron chi connectivity index (χ1n) is 6.53. The molecule has 1 aromatic rings. The zero-order valence-electron chi connectivity index (χ0n) is 11.2. The topological polar surface area (TPSA) is 34.0 Å². The van der Waals surface area contributed by atoms with Gasteiger partial charge in [-0.2, -0.15) is 0 Å². The normalized spacial score (nSPS) is 16.9. The Hall–Kier alpha value is -1.25. The highest BCUT2D eigenvalue weighted by Crippen LogP contribution is 2.38. The van der Waals surface area contributed by atoms with Crippen molar-refractivity contribution in [2.45, 2.75) is 59.0 Å². The lowest BCUT2D eigenvalue weighted by atomic mass is 10.2. The molecule has 17 heavy (non-hydrogen) atoms. The van der Waals surface area contributed by atoms with Gasteiger partial charge in [-0.25, -0.2) is 0 Å². The van der Waals surface area contributed by atoms with Crippen molar-refractivity contribution in [3.8, 4) is 0 Å². The van der Waals surface area contributed by atoms with Crippen molar-refractivity contribution in [1.29, 1.82) is 0 Å². The van der Waals surface area contributed by atoms with Gasteiger partial charge < -0.3 is 9.88 Å². The SMILES string of the molecule is CCC(C)NC(=O)c1cc(C)n(C2CC2)c1C. The van der Waals surface area contributed by atoms with Crippen LogP contribution in [0.25, 0.3) is 0 Å². The first-order valence-corrected chi connectivity index (χ1v) is 6.53. The second-order valence-corrected chi connectivity index (χ2v) is 5.17. The van der Waals surface area contributed by atoms with Crippen LogP contribution in [0.15, 0.2) is 6.07 Å². The monoisotopic (exact) mass is 234 g/mol. The number of hydrogen-bond donors (Lipinski definition) is 1. The highest BCUT2D eigenvalue weighted by atomic mass is 16.1. The maximum absolute atomic E-state index is 12.1. The van der Waals surface area contributed by atoms with Crippen LogP contribution in [0, 0.1) is 13.8 Å². The molecule has 1 aliphatic carbocycles. The quantitative estimate of drug-likeness (QED) is 0.854. The fraction of sp³-hybridized carbons (Fsp3) is 0.643.